The van der Waals surface area contributed by atoms with Gasteiger partial charge in [0.15, 0.2) is 0 Å². The molecule has 8 heteroatoms. The lowest BCUT2D eigenvalue weighted by molar-refractivity contribution is 0.601. The Bertz CT molecular complexity index is 1520. The lowest BCUT2D eigenvalue weighted by Gasteiger charge is -2.10. The van der Waals surface area contributed by atoms with Gasteiger partial charge in [-0.3, -0.25) is 9.71 Å². The predicted octanol–water partition coefficient (Wildman–Crippen LogP) is 5.24. The van der Waals surface area contributed by atoms with Crippen molar-refractivity contribution in [2.45, 2.75) is 4.90 Å². The highest BCUT2D eigenvalue weighted by Crippen LogP contribution is 2.23. The number of hydrogen-bond acceptors (Lipinski definition) is 6. The summed E-state index contributed by atoms with van der Waals surface area (Å²) in [6, 6.07) is 25.2. The second kappa shape index (κ2) is 8.68. The third kappa shape index (κ3) is 4.65. The third-order valence-corrected chi connectivity index (χ3v) is 6.42. The predicted molar refractivity (Wildman–Crippen MR) is 130 cm³/mol. The summed E-state index contributed by atoms with van der Waals surface area (Å²) in [7, 11) is -3.71. The molecule has 5 rings (SSSR count). The first-order valence-electron chi connectivity index (χ1n) is 10.2. The number of sulfonamides is 1. The number of benzene rings is 3. The first-order chi connectivity index (χ1) is 16.1. The highest BCUT2D eigenvalue weighted by molar-refractivity contribution is 7.92. The van der Waals surface area contributed by atoms with E-state index in [1.165, 1.54) is 0 Å². The number of rotatable bonds is 6. The van der Waals surface area contributed by atoms with Crippen molar-refractivity contribution >= 4 is 38.1 Å². The fraction of sp³-hybridized carbons (Fsp3) is 0. The largest absolute Gasteiger partial charge is 0.324 e. The van der Waals surface area contributed by atoms with E-state index in [-0.39, 0.29) is 4.90 Å². The molecule has 7 nitrogen and oxygen atoms in total. The SMILES string of the molecule is O=S(=O)(Nc1ccc(Nc2nccc(-c3cccnc3)n2)cc1)c1ccc2ccccc2c1. The van der Waals surface area contributed by atoms with Gasteiger partial charge in [-0.25, -0.2) is 18.4 Å². The molecule has 5 aromatic rings. The van der Waals surface area contributed by atoms with Crippen molar-refractivity contribution in [1.82, 2.24) is 15.0 Å². The van der Waals surface area contributed by atoms with Crippen LogP contribution in [0.2, 0.25) is 0 Å². The fourth-order valence-electron chi connectivity index (χ4n) is 3.39. The lowest BCUT2D eigenvalue weighted by atomic mass is 10.1. The minimum absolute atomic E-state index is 0.212. The molecule has 0 amide bonds. The molecule has 0 aliphatic carbocycles. The van der Waals surface area contributed by atoms with Gasteiger partial charge in [-0.2, -0.15) is 0 Å². The molecule has 2 N–H and O–H groups in total. The van der Waals surface area contributed by atoms with Crippen LogP contribution in [0.4, 0.5) is 17.3 Å². The van der Waals surface area contributed by atoms with E-state index in [9.17, 15) is 8.42 Å². The monoisotopic (exact) mass is 453 g/mol. The third-order valence-electron chi connectivity index (χ3n) is 5.04. The van der Waals surface area contributed by atoms with E-state index >= 15 is 0 Å². The Morgan fingerprint density at radius 3 is 2.30 bits per heavy atom. The maximum atomic E-state index is 12.8. The second-order valence-corrected chi connectivity index (χ2v) is 9.01. The van der Waals surface area contributed by atoms with Gasteiger partial charge in [0, 0.05) is 35.5 Å². The van der Waals surface area contributed by atoms with Crippen LogP contribution < -0.4 is 10.0 Å². The molecule has 162 valence electrons. The van der Waals surface area contributed by atoms with Crippen LogP contribution in [0.5, 0.6) is 0 Å². The molecule has 0 atom stereocenters. The summed E-state index contributed by atoms with van der Waals surface area (Å²) in [5, 5.41) is 4.99. The van der Waals surface area contributed by atoms with Gasteiger partial charge >= 0.3 is 0 Å². The van der Waals surface area contributed by atoms with E-state index in [1.54, 1.807) is 61.1 Å². The van der Waals surface area contributed by atoms with E-state index in [1.807, 2.05) is 42.5 Å². The first kappa shape index (κ1) is 20.6. The van der Waals surface area contributed by atoms with Crippen molar-refractivity contribution in [3.05, 3.63) is 104 Å². The summed E-state index contributed by atoms with van der Waals surface area (Å²) < 4.78 is 28.3. The Labute approximate surface area is 191 Å². The fourth-order valence-corrected chi connectivity index (χ4v) is 4.49. The van der Waals surface area contributed by atoms with Gasteiger partial charge in [-0.1, -0.05) is 30.3 Å². The molecule has 0 fully saturated rings. The molecular formula is C25H19N5O2S. The average Bonchev–Trinajstić information content (AvgIpc) is 2.85. The summed E-state index contributed by atoms with van der Waals surface area (Å²) in [5.41, 5.74) is 2.83. The van der Waals surface area contributed by atoms with E-state index in [2.05, 4.69) is 25.0 Å². The van der Waals surface area contributed by atoms with Gasteiger partial charge in [0.1, 0.15) is 0 Å². The minimum Gasteiger partial charge on any atom is -0.324 e. The molecule has 3 aromatic carbocycles. The van der Waals surface area contributed by atoms with Crippen molar-refractivity contribution in [2.24, 2.45) is 0 Å². The molecule has 0 unspecified atom stereocenters. The number of anilines is 3. The maximum Gasteiger partial charge on any atom is 0.261 e. The number of nitrogens with one attached hydrogen (secondary N) is 2. The molecule has 0 spiro atoms. The Morgan fingerprint density at radius 1 is 0.727 bits per heavy atom. The number of hydrogen-bond donors (Lipinski definition) is 2. The normalized spacial score (nSPS) is 11.3. The summed E-state index contributed by atoms with van der Waals surface area (Å²) in [4.78, 5) is 13.1. The maximum absolute atomic E-state index is 12.8. The summed E-state index contributed by atoms with van der Waals surface area (Å²) in [5.74, 6) is 0.431. The highest BCUT2D eigenvalue weighted by atomic mass is 32.2. The Balaban J connectivity index is 1.31. The summed E-state index contributed by atoms with van der Waals surface area (Å²) >= 11 is 0. The molecule has 0 aliphatic rings. The summed E-state index contributed by atoms with van der Waals surface area (Å²) in [6.07, 6.45) is 5.12. The standard InChI is InChI=1S/C25H19N5O2S/c31-33(32,23-12-7-18-4-1-2-5-19(18)16-23)30-22-10-8-21(9-11-22)28-25-27-15-13-24(29-25)20-6-3-14-26-17-20/h1-17,30H,(H,27,28,29). The average molecular weight is 454 g/mol. The minimum atomic E-state index is -3.71. The molecule has 0 aliphatic heterocycles. The lowest BCUT2D eigenvalue weighted by Crippen LogP contribution is -2.12. The van der Waals surface area contributed by atoms with Gasteiger partial charge in [0.05, 0.1) is 10.6 Å². The van der Waals surface area contributed by atoms with E-state index in [0.29, 0.717) is 11.6 Å². The molecule has 2 heterocycles. The van der Waals surface area contributed by atoms with Gasteiger partial charge in [0.25, 0.3) is 10.0 Å². The number of pyridine rings is 1. The second-order valence-electron chi connectivity index (χ2n) is 7.32. The molecular weight excluding hydrogens is 434 g/mol. The zero-order valence-electron chi connectivity index (χ0n) is 17.4. The number of aromatic nitrogens is 3. The van der Waals surface area contributed by atoms with Crippen molar-refractivity contribution < 1.29 is 8.42 Å². The highest BCUT2D eigenvalue weighted by Gasteiger charge is 2.14. The van der Waals surface area contributed by atoms with Crippen LogP contribution in [-0.4, -0.2) is 23.4 Å². The Morgan fingerprint density at radius 2 is 1.52 bits per heavy atom. The van der Waals surface area contributed by atoms with E-state index in [0.717, 1.165) is 27.7 Å². The smallest absolute Gasteiger partial charge is 0.261 e. The van der Waals surface area contributed by atoms with Crippen LogP contribution in [0.3, 0.4) is 0 Å². The van der Waals surface area contributed by atoms with Crippen LogP contribution >= 0.6 is 0 Å². The molecule has 2 aromatic heterocycles. The van der Waals surface area contributed by atoms with Gasteiger partial charge in [-0.05, 0) is 65.4 Å². The van der Waals surface area contributed by atoms with Crippen LogP contribution in [-0.2, 0) is 10.0 Å². The van der Waals surface area contributed by atoms with Gasteiger partial charge in [-0.15, -0.1) is 0 Å². The number of fused-ring (bicyclic) bond motifs is 1. The Kier molecular flexibility index (Phi) is 5.42. The zero-order valence-corrected chi connectivity index (χ0v) is 18.2. The van der Waals surface area contributed by atoms with Crippen molar-refractivity contribution in [3.8, 4) is 11.3 Å². The quantitative estimate of drug-likeness (QED) is 0.365. The van der Waals surface area contributed by atoms with Crippen molar-refractivity contribution in [3.63, 3.8) is 0 Å². The van der Waals surface area contributed by atoms with E-state index < -0.39 is 10.0 Å². The molecule has 0 saturated heterocycles. The molecule has 0 radical (unpaired) electrons. The van der Waals surface area contributed by atoms with Crippen molar-refractivity contribution in [2.75, 3.05) is 10.0 Å². The van der Waals surface area contributed by atoms with Crippen molar-refractivity contribution in [1.29, 1.82) is 0 Å². The Hall–Kier alpha value is -4.30. The van der Waals surface area contributed by atoms with E-state index in [4.69, 9.17) is 0 Å². The number of nitrogens with zero attached hydrogens (tertiary/aromatic N) is 3. The van der Waals surface area contributed by atoms with Gasteiger partial charge < -0.3 is 5.32 Å². The first-order valence-corrected chi connectivity index (χ1v) is 11.7. The topological polar surface area (TPSA) is 96.9 Å². The molecule has 33 heavy (non-hydrogen) atoms. The molecule has 0 saturated carbocycles. The summed E-state index contributed by atoms with van der Waals surface area (Å²) in [6.45, 7) is 0. The van der Waals surface area contributed by atoms with Crippen LogP contribution in [0.25, 0.3) is 22.0 Å². The van der Waals surface area contributed by atoms with Crippen LogP contribution in [0, 0.1) is 0 Å². The van der Waals surface area contributed by atoms with Gasteiger partial charge in [0.2, 0.25) is 5.95 Å². The zero-order chi connectivity index (χ0) is 22.7. The van der Waals surface area contributed by atoms with Crippen LogP contribution in [0.1, 0.15) is 0 Å². The molecule has 0 bridgehead atoms. The van der Waals surface area contributed by atoms with Crippen LogP contribution in [0.15, 0.2) is 108 Å².